The van der Waals surface area contributed by atoms with Crippen LogP contribution in [-0.4, -0.2) is 31.8 Å². The van der Waals surface area contributed by atoms with Gasteiger partial charge in [-0.15, -0.1) is 0 Å². The minimum absolute atomic E-state index is 0.00635. The molecule has 0 aliphatic carbocycles. The number of benzene rings is 1. The van der Waals surface area contributed by atoms with Gasteiger partial charge >= 0.3 is 11.9 Å². The third-order valence-electron chi connectivity index (χ3n) is 2.97. The van der Waals surface area contributed by atoms with Crippen molar-refractivity contribution in [3.8, 4) is 5.75 Å². The molecule has 0 amide bonds. The smallest absolute Gasteiger partial charge is 0.333 e. The molecular weight excluding hydrogens is 308 g/mol. The molecule has 0 bridgehead atoms. The predicted octanol–water partition coefficient (Wildman–Crippen LogP) is 3.54. The Morgan fingerprint density at radius 2 is 1.75 bits per heavy atom. The number of carbonyl (C=O) groups excluding carboxylic acids is 2. The van der Waals surface area contributed by atoms with E-state index in [2.05, 4.69) is 13.5 Å². The van der Waals surface area contributed by atoms with E-state index in [1.807, 2.05) is 24.3 Å². The van der Waals surface area contributed by atoms with E-state index in [9.17, 15) is 9.59 Å². The fraction of sp³-hybridized carbons (Fsp3) is 0.368. The summed E-state index contributed by atoms with van der Waals surface area (Å²) in [5.41, 5.74) is 1.17. The third-order valence-corrected chi connectivity index (χ3v) is 2.97. The van der Waals surface area contributed by atoms with Gasteiger partial charge in [-0.3, -0.25) is 0 Å². The zero-order valence-electron chi connectivity index (χ0n) is 14.2. The maximum Gasteiger partial charge on any atom is 0.333 e. The van der Waals surface area contributed by atoms with Crippen molar-refractivity contribution in [3.05, 3.63) is 48.1 Å². The second kappa shape index (κ2) is 11.0. The van der Waals surface area contributed by atoms with Crippen molar-refractivity contribution in [2.45, 2.75) is 26.7 Å². The van der Waals surface area contributed by atoms with Gasteiger partial charge in [-0.25, -0.2) is 9.59 Å². The second-order valence-corrected chi connectivity index (χ2v) is 5.19. The lowest BCUT2D eigenvalue weighted by Crippen LogP contribution is -2.12. The van der Waals surface area contributed by atoms with E-state index < -0.39 is 11.9 Å². The van der Waals surface area contributed by atoms with Crippen LogP contribution < -0.4 is 4.74 Å². The Hall–Kier alpha value is -2.56. The highest BCUT2D eigenvalue weighted by Gasteiger charge is 2.03. The second-order valence-electron chi connectivity index (χ2n) is 5.19. The van der Waals surface area contributed by atoms with Crippen LogP contribution in [0.15, 0.2) is 42.5 Å². The van der Waals surface area contributed by atoms with E-state index in [1.54, 1.807) is 13.0 Å². The minimum Gasteiger partial charge on any atom is -0.494 e. The van der Waals surface area contributed by atoms with Gasteiger partial charge in [-0.05, 0) is 37.1 Å². The Morgan fingerprint density at radius 3 is 2.38 bits per heavy atom. The molecule has 0 saturated heterocycles. The first-order valence-corrected chi connectivity index (χ1v) is 7.93. The van der Waals surface area contributed by atoms with Gasteiger partial charge in [0.05, 0.1) is 6.61 Å². The van der Waals surface area contributed by atoms with Crippen molar-refractivity contribution < 1.29 is 23.8 Å². The van der Waals surface area contributed by atoms with Crippen molar-refractivity contribution in [2.24, 2.45) is 0 Å². The van der Waals surface area contributed by atoms with Crippen molar-refractivity contribution >= 4 is 18.0 Å². The lowest BCUT2D eigenvalue weighted by molar-refractivity contribution is -0.146. The van der Waals surface area contributed by atoms with Crippen LogP contribution in [0.4, 0.5) is 0 Å². The van der Waals surface area contributed by atoms with Crippen molar-refractivity contribution in [1.82, 2.24) is 0 Å². The van der Waals surface area contributed by atoms with Crippen LogP contribution in [0.1, 0.15) is 32.3 Å². The monoisotopic (exact) mass is 332 g/mol. The molecular formula is C19H24O5. The number of carbonyl (C=O) groups is 2. The summed E-state index contributed by atoms with van der Waals surface area (Å²) >= 11 is 0. The van der Waals surface area contributed by atoms with E-state index in [0.29, 0.717) is 12.2 Å². The van der Waals surface area contributed by atoms with E-state index in [4.69, 9.17) is 14.2 Å². The summed E-state index contributed by atoms with van der Waals surface area (Å²) in [6, 6.07) is 7.44. The van der Waals surface area contributed by atoms with Gasteiger partial charge in [-0.1, -0.05) is 32.1 Å². The SMILES string of the molecule is C=C(C)C(=O)OCCOC(=O)/C=C/c1ccc(OCCCC)cc1. The highest BCUT2D eigenvalue weighted by atomic mass is 16.6. The zero-order chi connectivity index (χ0) is 17.8. The molecule has 130 valence electrons. The predicted molar refractivity (Wildman–Crippen MR) is 92.6 cm³/mol. The number of rotatable bonds is 10. The largest absolute Gasteiger partial charge is 0.494 e. The standard InChI is InChI=1S/C19H24O5/c1-4-5-12-22-17-9-6-16(7-10-17)8-11-18(20)23-13-14-24-19(21)15(2)3/h6-11H,2,4-5,12-14H2,1,3H3/b11-8+. The van der Waals surface area contributed by atoms with Crippen molar-refractivity contribution in [1.29, 1.82) is 0 Å². The molecule has 0 unspecified atom stereocenters. The minimum atomic E-state index is -0.497. The Kier molecular flexibility index (Phi) is 8.97. The zero-order valence-corrected chi connectivity index (χ0v) is 14.2. The molecule has 5 heteroatoms. The van der Waals surface area contributed by atoms with E-state index >= 15 is 0 Å². The van der Waals surface area contributed by atoms with Crippen LogP contribution in [0.2, 0.25) is 0 Å². The molecule has 0 saturated carbocycles. The normalized spacial score (nSPS) is 10.4. The quantitative estimate of drug-likeness (QED) is 0.372. The van der Waals surface area contributed by atoms with Gasteiger partial charge in [0.25, 0.3) is 0 Å². The van der Waals surface area contributed by atoms with E-state index in [1.165, 1.54) is 6.08 Å². The molecule has 0 radical (unpaired) electrons. The Morgan fingerprint density at radius 1 is 1.08 bits per heavy atom. The van der Waals surface area contributed by atoms with Crippen LogP contribution in [0.3, 0.4) is 0 Å². The molecule has 0 heterocycles. The molecule has 0 atom stereocenters. The number of unbranched alkanes of at least 4 members (excludes halogenated alkanes) is 1. The molecule has 0 spiro atoms. The molecule has 5 nitrogen and oxygen atoms in total. The maximum atomic E-state index is 11.5. The summed E-state index contributed by atoms with van der Waals surface area (Å²) in [7, 11) is 0. The summed E-state index contributed by atoms with van der Waals surface area (Å²) in [5.74, 6) is -0.185. The number of hydrogen-bond donors (Lipinski definition) is 0. The van der Waals surface area contributed by atoms with E-state index in [0.717, 1.165) is 24.2 Å². The third kappa shape index (κ3) is 8.17. The van der Waals surface area contributed by atoms with Gasteiger partial charge < -0.3 is 14.2 Å². The van der Waals surface area contributed by atoms with Crippen LogP contribution in [0, 0.1) is 0 Å². The van der Waals surface area contributed by atoms with Crippen LogP contribution >= 0.6 is 0 Å². The fourth-order valence-corrected chi connectivity index (χ4v) is 1.62. The number of hydrogen-bond acceptors (Lipinski definition) is 5. The van der Waals surface area contributed by atoms with Gasteiger partial charge in [0.2, 0.25) is 0 Å². The molecule has 1 aromatic rings. The highest BCUT2D eigenvalue weighted by Crippen LogP contribution is 2.13. The Bertz CT molecular complexity index is 572. The summed E-state index contributed by atoms with van der Waals surface area (Å²) in [5, 5.41) is 0. The maximum absolute atomic E-state index is 11.5. The van der Waals surface area contributed by atoms with E-state index in [-0.39, 0.29) is 13.2 Å². The average molecular weight is 332 g/mol. The summed E-state index contributed by atoms with van der Waals surface area (Å²) < 4.78 is 15.3. The average Bonchev–Trinajstić information content (AvgIpc) is 2.58. The van der Waals surface area contributed by atoms with Gasteiger partial charge in [0, 0.05) is 11.6 Å². The Balaban J connectivity index is 2.30. The molecule has 1 rings (SSSR count). The molecule has 0 N–H and O–H groups in total. The lowest BCUT2D eigenvalue weighted by Gasteiger charge is -2.05. The topological polar surface area (TPSA) is 61.8 Å². The van der Waals surface area contributed by atoms with Crippen molar-refractivity contribution in [2.75, 3.05) is 19.8 Å². The van der Waals surface area contributed by atoms with Crippen LogP contribution in [0.25, 0.3) is 6.08 Å². The highest BCUT2D eigenvalue weighted by molar-refractivity contribution is 5.87. The summed E-state index contributed by atoms with van der Waals surface area (Å²) in [6.07, 6.45) is 5.09. The van der Waals surface area contributed by atoms with Crippen molar-refractivity contribution in [3.63, 3.8) is 0 Å². The first kappa shape index (κ1) is 19.5. The number of ether oxygens (including phenoxy) is 3. The molecule has 1 aromatic carbocycles. The van der Waals surface area contributed by atoms with Crippen LogP contribution in [0.5, 0.6) is 5.75 Å². The van der Waals surface area contributed by atoms with Gasteiger partial charge in [-0.2, -0.15) is 0 Å². The number of esters is 2. The van der Waals surface area contributed by atoms with Crippen LogP contribution in [-0.2, 0) is 19.1 Å². The first-order valence-electron chi connectivity index (χ1n) is 7.93. The first-order chi connectivity index (χ1) is 11.5. The molecule has 0 aliphatic rings. The molecule has 24 heavy (non-hydrogen) atoms. The Labute approximate surface area is 142 Å². The molecule has 0 aromatic heterocycles. The summed E-state index contributed by atoms with van der Waals surface area (Å²) in [6.45, 7) is 7.84. The molecule has 0 fully saturated rings. The fourth-order valence-electron chi connectivity index (χ4n) is 1.62. The lowest BCUT2D eigenvalue weighted by atomic mass is 10.2. The molecule has 0 aliphatic heterocycles. The summed E-state index contributed by atoms with van der Waals surface area (Å²) in [4.78, 5) is 22.7. The van der Waals surface area contributed by atoms with Gasteiger partial charge in [0.15, 0.2) is 0 Å². The van der Waals surface area contributed by atoms with Gasteiger partial charge in [0.1, 0.15) is 19.0 Å².